The van der Waals surface area contributed by atoms with Gasteiger partial charge in [0.2, 0.25) is 0 Å². The standard InChI is InChI=1S/C14H11FN2O/c1-9-6-11(4-5-13(9)15)18-12-3-2-10(8-16)14(17)7-12/h2-7H,17H2,1H3. The summed E-state index contributed by atoms with van der Waals surface area (Å²) in [5, 5.41) is 8.75. The van der Waals surface area contributed by atoms with Crippen LogP contribution in [0.2, 0.25) is 0 Å². The molecule has 0 saturated carbocycles. The molecule has 0 fully saturated rings. The van der Waals surface area contributed by atoms with Crippen LogP contribution < -0.4 is 10.5 Å². The van der Waals surface area contributed by atoms with Crippen molar-refractivity contribution in [1.82, 2.24) is 0 Å². The van der Waals surface area contributed by atoms with Crippen LogP contribution in [0.3, 0.4) is 0 Å². The average Bonchev–Trinajstić information content (AvgIpc) is 2.34. The third kappa shape index (κ3) is 2.41. The zero-order valence-electron chi connectivity index (χ0n) is 9.77. The van der Waals surface area contributed by atoms with Crippen molar-refractivity contribution in [3.8, 4) is 17.6 Å². The van der Waals surface area contributed by atoms with E-state index in [0.29, 0.717) is 28.3 Å². The van der Waals surface area contributed by atoms with E-state index < -0.39 is 0 Å². The molecule has 0 aromatic heterocycles. The van der Waals surface area contributed by atoms with Crippen LogP contribution in [0.25, 0.3) is 0 Å². The molecule has 0 bridgehead atoms. The zero-order chi connectivity index (χ0) is 13.1. The molecule has 4 heteroatoms. The number of ether oxygens (including phenoxy) is 1. The van der Waals surface area contributed by atoms with Crippen molar-refractivity contribution in [3.63, 3.8) is 0 Å². The fourth-order valence-electron chi connectivity index (χ4n) is 1.52. The second kappa shape index (κ2) is 4.76. The Morgan fingerprint density at radius 3 is 2.44 bits per heavy atom. The second-order valence-corrected chi connectivity index (χ2v) is 3.87. The maximum absolute atomic E-state index is 13.1. The first-order chi connectivity index (χ1) is 8.60. The molecule has 18 heavy (non-hydrogen) atoms. The van der Waals surface area contributed by atoms with Gasteiger partial charge in [0.15, 0.2) is 0 Å². The minimum absolute atomic E-state index is 0.276. The lowest BCUT2D eigenvalue weighted by atomic mass is 10.2. The number of aryl methyl sites for hydroxylation is 1. The van der Waals surface area contributed by atoms with Gasteiger partial charge >= 0.3 is 0 Å². The fourth-order valence-corrected chi connectivity index (χ4v) is 1.52. The molecule has 90 valence electrons. The molecular weight excluding hydrogens is 231 g/mol. The Hall–Kier alpha value is -2.54. The summed E-state index contributed by atoms with van der Waals surface area (Å²) in [7, 11) is 0. The number of nitrogens with zero attached hydrogens (tertiary/aromatic N) is 1. The Bertz CT molecular complexity index is 632. The van der Waals surface area contributed by atoms with Gasteiger partial charge < -0.3 is 10.5 Å². The molecular formula is C14H11FN2O. The lowest BCUT2D eigenvalue weighted by Gasteiger charge is -2.08. The number of nitrogen functional groups attached to an aromatic ring is 1. The summed E-state index contributed by atoms with van der Waals surface area (Å²) in [6.45, 7) is 1.66. The third-order valence-electron chi connectivity index (χ3n) is 2.51. The molecule has 0 amide bonds. The van der Waals surface area contributed by atoms with Crippen LogP contribution >= 0.6 is 0 Å². The summed E-state index contributed by atoms with van der Waals surface area (Å²) in [6.07, 6.45) is 0. The second-order valence-electron chi connectivity index (χ2n) is 3.87. The monoisotopic (exact) mass is 242 g/mol. The van der Waals surface area contributed by atoms with Gasteiger partial charge in [0, 0.05) is 6.07 Å². The topological polar surface area (TPSA) is 59.0 Å². The van der Waals surface area contributed by atoms with E-state index in [2.05, 4.69) is 0 Å². The summed E-state index contributed by atoms with van der Waals surface area (Å²) in [6, 6.07) is 11.3. The molecule has 0 saturated heterocycles. The summed E-state index contributed by atoms with van der Waals surface area (Å²) < 4.78 is 18.6. The molecule has 0 aliphatic rings. The Morgan fingerprint density at radius 1 is 1.17 bits per heavy atom. The van der Waals surface area contributed by atoms with Gasteiger partial charge in [0.25, 0.3) is 0 Å². The van der Waals surface area contributed by atoms with Gasteiger partial charge in [-0.1, -0.05) is 0 Å². The van der Waals surface area contributed by atoms with E-state index in [1.54, 1.807) is 31.2 Å². The van der Waals surface area contributed by atoms with Crippen LogP contribution in [0, 0.1) is 24.1 Å². The van der Waals surface area contributed by atoms with E-state index in [4.69, 9.17) is 15.7 Å². The van der Waals surface area contributed by atoms with Gasteiger partial charge in [-0.3, -0.25) is 0 Å². The molecule has 3 nitrogen and oxygen atoms in total. The molecule has 2 N–H and O–H groups in total. The van der Waals surface area contributed by atoms with Gasteiger partial charge in [0.1, 0.15) is 23.4 Å². The molecule has 0 aliphatic carbocycles. The molecule has 0 radical (unpaired) electrons. The first-order valence-corrected chi connectivity index (χ1v) is 5.34. The normalized spacial score (nSPS) is 9.83. The van der Waals surface area contributed by atoms with Gasteiger partial charge in [-0.15, -0.1) is 0 Å². The van der Waals surface area contributed by atoms with E-state index in [-0.39, 0.29) is 5.82 Å². The van der Waals surface area contributed by atoms with Crippen LogP contribution in [-0.4, -0.2) is 0 Å². The van der Waals surface area contributed by atoms with E-state index in [0.717, 1.165) is 0 Å². The van der Waals surface area contributed by atoms with Gasteiger partial charge in [-0.25, -0.2) is 4.39 Å². The summed E-state index contributed by atoms with van der Waals surface area (Å²) in [5.41, 5.74) is 6.94. The number of nitriles is 1. The highest BCUT2D eigenvalue weighted by atomic mass is 19.1. The van der Waals surface area contributed by atoms with Crippen LogP contribution in [0.15, 0.2) is 36.4 Å². The van der Waals surface area contributed by atoms with Crippen molar-refractivity contribution in [3.05, 3.63) is 53.3 Å². The van der Waals surface area contributed by atoms with E-state index in [9.17, 15) is 4.39 Å². The highest BCUT2D eigenvalue weighted by Gasteiger charge is 2.04. The number of hydrogen-bond donors (Lipinski definition) is 1. The Labute approximate surface area is 104 Å². The number of nitrogens with two attached hydrogens (primary N) is 1. The van der Waals surface area contributed by atoms with Gasteiger partial charge in [0.05, 0.1) is 11.3 Å². The van der Waals surface area contributed by atoms with E-state index in [1.165, 1.54) is 12.1 Å². The Kier molecular flexibility index (Phi) is 3.16. The van der Waals surface area contributed by atoms with Gasteiger partial charge in [-0.05, 0) is 42.8 Å². The van der Waals surface area contributed by atoms with Crippen molar-refractivity contribution in [2.45, 2.75) is 6.92 Å². The zero-order valence-corrected chi connectivity index (χ0v) is 9.77. The summed E-state index contributed by atoms with van der Waals surface area (Å²) in [4.78, 5) is 0. The first kappa shape index (κ1) is 11.9. The highest BCUT2D eigenvalue weighted by molar-refractivity contribution is 5.57. The Morgan fingerprint density at radius 2 is 1.83 bits per heavy atom. The smallest absolute Gasteiger partial charge is 0.129 e. The number of rotatable bonds is 2. The summed E-state index contributed by atoms with van der Waals surface area (Å²) >= 11 is 0. The maximum atomic E-state index is 13.1. The fraction of sp³-hybridized carbons (Fsp3) is 0.0714. The average molecular weight is 242 g/mol. The molecule has 0 atom stereocenters. The molecule has 0 spiro atoms. The minimum Gasteiger partial charge on any atom is -0.457 e. The first-order valence-electron chi connectivity index (χ1n) is 5.34. The lowest BCUT2D eigenvalue weighted by molar-refractivity contribution is 0.480. The molecule has 0 aliphatic heterocycles. The maximum Gasteiger partial charge on any atom is 0.129 e. The van der Waals surface area contributed by atoms with Crippen LogP contribution in [0.5, 0.6) is 11.5 Å². The molecule has 0 unspecified atom stereocenters. The molecule has 2 aromatic rings. The number of hydrogen-bond acceptors (Lipinski definition) is 3. The third-order valence-corrected chi connectivity index (χ3v) is 2.51. The quantitative estimate of drug-likeness (QED) is 0.821. The number of anilines is 1. The Balaban J connectivity index is 2.26. The van der Waals surface area contributed by atoms with E-state index >= 15 is 0 Å². The predicted molar refractivity (Wildman–Crippen MR) is 66.8 cm³/mol. The predicted octanol–water partition coefficient (Wildman–Crippen LogP) is 3.38. The molecule has 2 rings (SSSR count). The highest BCUT2D eigenvalue weighted by Crippen LogP contribution is 2.26. The van der Waals surface area contributed by atoms with Crippen molar-refractivity contribution in [2.24, 2.45) is 0 Å². The van der Waals surface area contributed by atoms with Crippen molar-refractivity contribution in [2.75, 3.05) is 5.73 Å². The van der Waals surface area contributed by atoms with Crippen LogP contribution in [0.1, 0.15) is 11.1 Å². The van der Waals surface area contributed by atoms with Crippen molar-refractivity contribution >= 4 is 5.69 Å². The van der Waals surface area contributed by atoms with E-state index in [1.807, 2.05) is 6.07 Å². The SMILES string of the molecule is Cc1cc(Oc2ccc(C#N)c(N)c2)ccc1F. The van der Waals surface area contributed by atoms with Crippen LogP contribution in [-0.2, 0) is 0 Å². The lowest BCUT2D eigenvalue weighted by Crippen LogP contribution is -1.92. The van der Waals surface area contributed by atoms with Crippen molar-refractivity contribution in [1.29, 1.82) is 5.26 Å². The minimum atomic E-state index is -0.276. The molecule has 0 heterocycles. The summed E-state index contributed by atoms with van der Waals surface area (Å²) in [5.74, 6) is 0.761. The largest absolute Gasteiger partial charge is 0.457 e. The van der Waals surface area contributed by atoms with Crippen molar-refractivity contribution < 1.29 is 9.13 Å². The van der Waals surface area contributed by atoms with Gasteiger partial charge in [-0.2, -0.15) is 5.26 Å². The number of benzene rings is 2. The molecule has 2 aromatic carbocycles. The van der Waals surface area contributed by atoms with Crippen LogP contribution in [0.4, 0.5) is 10.1 Å². The number of halogens is 1.